The maximum absolute atomic E-state index is 13.6. The number of fused-ring (bicyclic) bond motifs is 1. The number of hydrogen-bond acceptors (Lipinski definition) is 5. The monoisotopic (exact) mass is 523 g/mol. The first kappa shape index (κ1) is 23.4. The van der Waals surface area contributed by atoms with E-state index in [4.69, 9.17) is 39.8 Å². The standard InChI is InChI=1S/C22H13Cl2F2N3O2S2/c23-11-1-4-13(5-2-11)33-10-20(30)29-22(32)27-12-3-6-19-18(7-12)28-21(31-19)14-8-16(25)17(26)9-15(14)24/h1-9H,10H2,(H2,27,29,30,32). The number of nitrogens with zero attached hydrogens (tertiary/aromatic N) is 1. The van der Waals surface area contributed by atoms with Crippen LogP contribution in [0.5, 0.6) is 0 Å². The van der Waals surface area contributed by atoms with E-state index in [1.54, 1.807) is 30.3 Å². The Kier molecular flexibility index (Phi) is 7.14. The molecule has 168 valence electrons. The molecule has 0 aliphatic heterocycles. The van der Waals surface area contributed by atoms with Crippen molar-refractivity contribution in [1.29, 1.82) is 0 Å². The summed E-state index contributed by atoms with van der Waals surface area (Å²) in [6, 6.07) is 13.9. The van der Waals surface area contributed by atoms with Crippen molar-refractivity contribution in [2.24, 2.45) is 0 Å². The zero-order chi connectivity index (χ0) is 23.5. The van der Waals surface area contributed by atoms with E-state index in [0.717, 1.165) is 17.0 Å². The Balaban J connectivity index is 1.40. The molecule has 33 heavy (non-hydrogen) atoms. The van der Waals surface area contributed by atoms with Gasteiger partial charge in [-0.15, -0.1) is 11.8 Å². The van der Waals surface area contributed by atoms with Crippen LogP contribution in [0.3, 0.4) is 0 Å². The molecule has 11 heteroatoms. The fourth-order valence-electron chi connectivity index (χ4n) is 2.81. The van der Waals surface area contributed by atoms with Crippen LogP contribution in [-0.4, -0.2) is 21.8 Å². The minimum Gasteiger partial charge on any atom is -0.436 e. The number of nitrogens with one attached hydrogen (secondary N) is 2. The minimum absolute atomic E-state index is 0.0286. The number of oxazole rings is 1. The van der Waals surface area contributed by atoms with Gasteiger partial charge in [0.2, 0.25) is 11.8 Å². The zero-order valence-corrected chi connectivity index (χ0v) is 19.6. The van der Waals surface area contributed by atoms with E-state index in [-0.39, 0.29) is 33.2 Å². The molecular weight excluding hydrogens is 511 g/mol. The number of carbonyl (C=O) groups excluding carboxylic acids is 1. The van der Waals surface area contributed by atoms with Crippen molar-refractivity contribution < 1.29 is 18.0 Å². The molecular formula is C22H13Cl2F2N3O2S2. The number of carbonyl (C=O) groups is 1. The molecule has 0 spiro atoms. The first-order valence-corrected chi connectivity index (χ1v) is 11.5. The normalized spacial score (nSPS) is 10.9. The van der Waals surface area contributed by atoms with Crippen molar-refractivity contribution in [1.82, 2.24) is 10.3 Å². The third kappa shape index (κ3) is 5.80. The Morgan fingerprint density at radius 3 is 2.55 bits per heavy atom. The Hall–Kier alpha value is -2.72. The highest BCUT2D eigenvalue weighted by Crippen LogP contribution is 2.32. The van der Waals surface area contributed by atoms with Gasteiger partial charge in [0.15, 0.2) is 22.3 Å². The molecule has 0 fully saturated rings. The van der Waals surface area contributed by atoms with E-state index in [2.05, 4.69) is 15.6 Å². The molecule has 0 saturated heterocycles. The molecule has 1 heterocycles. The van der Waals surface area contributed by atoms with Crippen molar-refractivity contribution in [2.75, 3.05) is 11.1 Å². The highest BCUT2D eigenvalue weighted by molar-refractivity contribution is 8.00. The van der Waals surface area contributed by atoms with Crippen molar-refractivity contribution in [3.05, 3.63) is 76.3 Å². The Bertz CT molecular complexity index is 1360. The third-order valence-corrected chi connectivity index (χ3v) is 6.10. The lowest BCUT2D eigenvalue weighted by atomic mass is 10.2. The zero-order valence-electron chi connectivity index (χ0n) is 16.5. The summed E-state index contributed by atoms with van der Waals surface area (Å²) < 4.78 is 32.5. The fraction of sp³-hybridized carbons (Fsp3) is 0.0455. The van der Waals surface area contributed by atoms with Crippen molar-refractivity contribution in [3.63, 3.8) is 0 Å². The van der Waals surface area contributed by atoms with Crippen LogP contribution in [0, 0.1) is 11.6 Å². The maximum atomic E-state index is 13.6. The van der Waals surface area contributed by atoms with Gasteiger partial charge in [-0.25, -0.2) is 13.8 Å². The van der Waals surface area contributed by atoms with Crippen LogP contribution in [0.1, 0.15) is 0 Å². The molecule has 0 atom stereocenters. The van der Waals surface area contributed by atoms with Gasteiger partial charge in [-0.05, 0) is 66.8 Å². The quantitative estimate of drug-likeness (QED) is 0.172. The molecule has 0 saturated carbocycles. The second-order valence-corrected chi connectivity index (χ2v) is 8.99. The first-order valence-electron chi connectivity index (χ1n) is 9.33. The van der Waals surface area contributed by atoms with Crippen LogP contribution >= 0.6 is 47.2 Å². The van der Waals surface area contributed by atoms with E-state index in [1.165, 1.54) is 11.8 Å². The molecule has 3 aromatic carbocycles. The van der Waals surface area contributed by atoms with Gasteiger partial charge in [-0.3, -0.25) is 4.79 Å². The van der Waals surface area contributed by atoms with Crippen molar-refractivity contribution >= 4 is 75.0 Å². The number of benzene rings is 3. The molecule has 4 rings (SSSR count). The fourth-order valence-corrected chi connectivity index (χ4v) is 4.10. The summed E-state index contributed by atoms with van der Waals surface area (Å²) in [5.41, 5.74) is 1.52. The van der Waals surface area contributed by atoms with Gasteiger partial charge in [0, 0.05) is 15.6 Å². The van der Waals surface area contributed by atoms with Crippen molar-refractivity contribution in [2.45, 2.75) is 4.90 Å². The van der Waals surface area contributed by atoms with Crippen LogP contribution in [0.25, 0.3) is 22.6 Å². The molecule has 0 radical (unpaired) electrons. The minimum atomic E-state index is -1.06. The lowest BCUT2D eigenvalue weighted by molar-refractivity contribution is -0.117. The lowest BCUT2D eigenvalue weighted by Crippen LogP contribution is -2.35. The van der Waals surface area contributed by atoms with Crippen LogP contribution in [-0.2, 0) is 4.79 Å². The van der Waals surface area contributed by atoms with Gasteiger partial charge >= 0.3 is 0 Å². The second-order valence-electron chi connectivity index (χ2n) is 6.69. The summed E-state index contributed by atoms with van der Waals surface area (Å²) >= 11 is 18.4. The summed E-state index contributed by atoms with van der Waals surface area (Å²) in [6.07, 6.45) is 0. The number of hydrogen-bond donors (Lipinski definition) is 2. The average molecular weight is 524 g/mol. The van der Waals surface area contributed by atoms with Gasteiger partial charge in [0.1, 0.15) is 5.52 Å². The topological polar surface area (TPSA) is 67.2 Å². The van der Waals surface area contributed by atoms with E-state index in [0.29, 0.717) is 21.8 Å². The Morgan fingerprint density at radius 2 is 1.79 bits per heavy atom. The highest BCUT2D eigenvalue weighted by atomic mass is 35.5. The van der Waals surface area contributed by atoms with Crippen LogP contribution in [0.4, 0.5) is 14.5 Å². The van der Waals surface area contributed by atoms with Crippen LogP contribution in [0.15, 0.2) is 63.9 Å². The molecule has 1 aromatic heterocycles. The number of thioether (sulfide) groups is 1. The number of anilines is 1. The van der Waals surface area contributed by atoms with Crippen LogP contribution < -0.4 is 10.6 Å². The number of rotatable bonds is 5. The van der Waals surface area contributed by atoms with E-state index in [9.17, 15) is 13.6 Å². The van der Waals surface area contributed by atoms with E-state index >= 15 is 0 Å². The predicted octanol–water partition coefficient (Wildman–Crippen LogP) is 6.69. The van der Waals surface area contributed by atoms with Crippen LogP contribution in [0.2, 0.25) is 10.0 Å². The van der Waals surface area contributed by atoms with Gasteiger partial charge in [-0.1, -0.05) is 23.2 Å². The summed E-state index contributed by atoms with van der Waals surface area (Å²) in [6.45, 7) is 0. The molecule has 0 unspecified atom stereocenters. The summed E-state index contributed by atoms with van der Waals surface area (Å²) in [5.74, 6) is -2.18. The smallest absolute Gasteiger partial charge is 0.236 e. The number of aromatic nitrogens is 1. The van der Waals surface area contributed by atoms with Gasteiger partial charge in [0.05, 0.1) is 16.3 Å². The summed E-state index contributed by atoms with van der Waals surface area (Å²) in [5, 5.41) is 6.22. The average Bonchev–Trinajstić information content (AvgIpc) is 3.19. The molecule has 0 aliphatic carbocycles. The summed E-state index contributed by atoms with van der Waals surface area (Å²) in [7, 11) is 0. The molecule has 1 amide bonds. The number of amides is 1. The van der Waals surface area contributed by atoms with Gasteiger partial charge in [0.25, 0.3) is 0 Å². The Labute approximate surface area is 206 Å². The second kappa shape index (κ2) is 10.0. The molecule has 2 N–H and O–H groups in total. The van der Waals surface area contributed by atoms with Crippen molar-refractivity contribution in [3.8, 4) is 11.5 Å². The molecule has 0 aliphatic rings. The molecule has 4 aromatic rings. The third-order valence-electron chi connectivity index (χ3n) is 4.32. The van der Waals surface area contributed by atoms with Gasteiger partial charge < -0.3 is 15.1 Å². The highest BCUT2D eigenvalue weighted by Gasteiger charge is 2.16. The van der Waals surface area contributed by atoms with E-state index in [1.807, 2.05) is 12.1 Å². The van der Waals surface area contributed by atoms with Gasteiger partial charge in [-0.2, -0.15) is 0 Å². The van der Waals surface area contributed by atoms with E-state index < -0.39 is 11.6 Å². The first-order chi connectivity index (χ1) is 15.8. The number of halogens is 4. The Morgan fingerprint density at radius 1 is 1.06 bits per heavy atom. The summed E-state index contributed by atoms with van der Waals surface area (Å²) in [4.78, 5) is 17.4. The predicted molar refractivity (Wildman–Crippen MR) is 131 cm³/mol. The number of thiocarbonyl (C=S) groups is 1. The molecule has 0 bridgehead atoms. The molecule has 5 nitrogen and oxygen atoms in total. The SMILES string of the molecule is O=C(CSc1ccc(Cl)cc1)NC(=S)Nc1ccc2oc(-c3cc(F)c(F)cc3Cl)nc2c1. The largest absolute Gasteiger partial charge is 0.436 e. The lowest BCUT2D eigenvalue weighted by Gasteiger charge is -2.09. The maximum Gasteiger partial charge on any atom is 0.236 e.